The molecule has 2 rings (SSSR count). The zero-order valence-corrected chi connectivity index (χ0v) is 14.2. The first kappa shape index (κ1) is 18.4. The smallest absolute Gasteiger partial charge is 0.233 e. The normalized spacial score (nSPS) is 11.2. The Hall–Kier alpha value is -2.95. The summed E-state index contributed by atoms with van der Waals surface area (Å²) in [6.07, 6.45) is 1.48. The van der Waals surface area contributed by atoms with Crippen LogP contribution in [0.4, 0.5) is 5.69 Å². The number of benzene rings is 2. The number of carbonyl (C=O) groups excluding carboxylic acids is 1. The third-order valence-electron chi connectivity index (χ3n) is 3.19. The van der Waals surface area contributed by atoms with Gasteiger partial charge in [0.1, 0.15) is 0 Å². The first-order chi connectivity index (χ1) is 12.0. The second kappa shape index (κ2) is 8.78. The van der Waals surface area contributed by atoms with Gasteiger partial charge < -0.3 is 5.32 Å². The van der Waals surface area contributed by atoms with Gasteiger partial charge >= 0.3 is 0 Å². The van der Waals surface area contributed by atoms with Gasteiger partial charge in [0.05, 0.1) is 11.6 Å². The molecule has 0 bridgehead atoms. The van der Waals surface area contributed by atoms with Crippen molar-refractivity contribution in [2.75, 3.05) is 11.9 Å². The Kier molecular flexibility index (Phi) is 6.46. The van der Waals surface area contributed by atoms with Crippen molar-refractivity contribution < 1.29 is 13.2 Å². The molecule has 0 saturated carbocycles. The molecule has 128 valence electrons. The Morgan fingerprint density at radius 3 is 2.40 bits per heavy atom. The number of carbonyl (C=O) groups is 1. The zero-order chi connectivity index (χ0) is 18.1. The lowest BCUT2D eigenvalue weighted by atomic mass is 10.2. The van der Waals surface area contributed by atoms with Gasteiger partial charge in [-0.2, -0.15) is 5.26 Å². The predicted octanol–water partition coefficient (Wildman–Crippen LogP) is 2.48. The molecule has 0 aromatic heterocycles. The molecule has 2 aromatic rings. The molecular weight excluding hydrogens is 338 g/mol. The maximum absolute atomic E-state index is 11.9. The molecule has 0 radical (unpaired) electrons. The van der Waals surface area contributed by atoms with Crippen LogP contribution in [-0.2, 0) is 14.8 Å². The number of nitrogens with zero attached hydrogens (tertiary/aromatic N) is 1. The van der Waals surface area contributed by atoms with E-state index in [-0.39, 0.29) is 18.9 Å². The third-order valence-corrected chi connectivity index (χ3v) is 4.29. The van der Waals surface area contributed by atoms with Crippen LogP contribution in [0.2, 0.25) is 0 Å². The van der Waals surface area contributed by atoms with Crippen molar-refractivity contribution in [2.24, 2.45) is 0 Å². The lowest BCUT2D eigenvalue weighted by Gasteiger charge is -2.06. The Bertz CT molecular complexity index is 883. The van der Waals surface area contributed by atoms with Crippen LogP contribution < -0.4 is 10.0 Å². The highest BCUT2D eigenvalue weighted by molar-refractivity contribution is 7.92. The number of nitrogens with one attached hydrogen (secondary N) is 2. The van der Waals surface area contributed by atoms with E-state index in [2.05, 4.69) is 10.0 Å². The Morgan fingerprint density at radius 1 is 1.08 bits per heavy atom. The van der Waals surface area contributed by atoms with Crippen molar-refractivity contribution >= 4 is 27.7 Å². The molecule has 0 aliphatic carbocycles. The lowest BCUT2D eigenvalue weighted by Crippen LogP contribution is -2.26. The number of hydrogen-bond donors (Lipinski definition) is 2. The highest BCUT2D eigenvalue weighted by atomic mass is 32.2. The van der Waals surface area contributed by atoms with E-state index in [1.165, 1.54) is 6.08 Å². The van der Waals surface area contributed by atoms with Crippen LogP contribution in [0.5, 0.6) is 0 Å². The van der Waals surface area contributed by atoms with Gasteiger partial charge in [-0.15, -0.1) is 0 Å². The molecule has 0 aliphatic heterocycles. The molecule has 0 heterocycles. The monoisotopic (exact) mass is 355 g/mol. The van der Waals surface area contributed by atoms with Crippen LogP contribution in [0, 0.1) is 11.3 Å². The third kappa shape index (κ3) is 6.59. The molecule has 2 N–H and O–H groups in total. The standard InChI is InChI=1S/C18H17N3O3S/c19-14-16-6-8-17(9-7-16)21-18(22)10-12-20-25(23,24)13-11-15-4-2-1-3-5-15/h1-9,11,13,20H,10,12H2,(H,21,22). The minimum atomic E-state index is -3.60. The molecular formula is C18H17N3O3S. The SMILES string of the molecule is N#Cc1ccc(NC(=O)CCNS(=O)(=O)C=Cc2ccccc2)cc1. The van der Waals surface area contributed by atoms with Crippen LogP contribution in [-0.4, -0.2) is 20.9 Å². The molecule has 25 heavy (non-hydrogen) atoms. The fourth-order valence-electron chi connectivity index (χ4n) is 1.94. The van der Waals surface area contributed by atoms with Gasteiger partial charge in [-0.1, -0.05) is 30.3 Å². The molecule has 6 nitrogen and oxygen atoms in total. The van der Waals surface area contributed by atoms with Gasteiger partial charge in [0.2, 0.25) is 15.9 Å². The predicted molar refractivity (Wildman–Crippen MR) is 96.8 cm³/mol. The molecule has 0 aliphatic rings. The first-order valence-corrected chi connectivity index (χ1v) is 9.06. The second-order valence-electron chi connectivity index (χ2n) is 5.14. The van der Waals surface area contributed by atoms with E-state index in [0.717, 1.165) is 11.0 Å². The van der Waals surface area contributed by atoms with Gasteiger partial charge in [-0.25, -0.2) is 13.1 Å². The van der Waals surface area contributed by atoms with Crippen molar-refractivity contribution in [1.82, 2.24) is 4.72 Å². The Labute approximate surface area is 146 Å². The molecule has 7 heteroatoms. The number of anilines is 1. The molecule has 2 aromatic carbocycles. The lowest BCUT2D eigenvalue weighted by molar-refractivity contribution is -0.116. The average molecular weight is 355 g/mol. The zero-order valence-electron chi connectivity index (χ0n) is 13.3. The summed E-state index contributed by atoms with van der Waals surface area (Å²) in [7, 11) is -3.60. The topological polar surface area (TPSA) is 99.1 Å². The van der Waals surface area contributed by atoms with Crippen LogP contribution in [0.15, 0.2) is 60.0 Å². The van der Waals surface area contributed by atoms with Crippen LogP contribution in [0.3, 0.4) is 0 Å². The van der Waals surface area contributed by atoms with Gasteiger partial charge in [-0.05, 0) is 35.9 Å². The van der Waals surface area contributed by atoms with Gasteiger partial charge in [-0.3, -0.25) is 4.79 Å². The summed E-state index contributed by atoms with van der Waals surface area (Å²) < 4.78 is 26.1. The summed E-state index contributed by atoms with van der Waals surface area (Å²) in [5.41, 5.74) is 1.82. The van der Waals surface area contributed by atoms with Crippen LogP contribution in [0.25, 0.3) is 6.08 Å². The van der Waals surface area contributed by atoms with Gasteiger partial charge in [0.15, 0.2) is 0 Å². The molecule has 0 spiro atoms. The van der Waals surface area contributed by atoms with E-state index in [0.29, 0.717) is 11.3 Å². The summed E-state index contributed by atoms with van der Waals surface area (Å²) >= 11 is 0. The van der Waals surface area contributed by atoms with Crippen molar-refractivity contribution in [1.29, 1.82) is 5.26 Å². The maximum Gasteiger partial charge on any atom is 0.233 e. The van der Waals surface area contributed by atoms with E-state index in [9.17, 15) is 13.2 Å². The first-order valence-electron chi connectivity index (χ1n) is 7.51. The van der Waals surface area contributed by atoms with Crippen LogP contribution in [0.1, 0.15) is 17.5 Å². The van der Waals surface area contributed by atoms with Gasteiger partial charge in [0, 0.05) is 24.1 Å². The quantitative estimate of drug-likeness (QED) is 0.797. The number of amides is 1. The fraction of sp³-hybridized carbons (Fsp3) is 0.111. The van der Waals surface area contributed by atoms with Crippen molar-refractivity contribution in [2.45, 2.75) is 6.42 Å². The fourth-order valence-corrected chi connectivity index (χ4v) is 2.76. The summed E-state index contributed by atoms with van der Waals surface area (Å²) in [4.78, 5) is 11.8. The Morgan fingerprint density at radius 2 is 1.76 bits per heavy atom. The van der Waals surface area contributed by atoms with Gasteiger partial charge in [0.25, 0.3) is 0 Å². The highest BCUT2D eigenvalue weighted by Crippen LogP contribution is 2.09. The number of rotatable bonds is 7. The van der Waals surface area contributed by atoms with Crippen molar-refractivity contribution in [3.05, 3.63) is 71.1 Å². The number of nitriles is 1. The van der Waals surface area contributed by atoms with Crippen molar-refractivity contribution in [3.8, 4) is 6.07 Å². The summed E-state index contributed by atoms with van der Waals surface area (Å²) in [5.74, 6) is -0.320. The summed E-state index contributed by atoms with van der Waals surface area (Å²) in [6.45, 7) is -0.0103. The van der Waals surface area contributed by atoms with E-state index >= 15 is 0 Å². The van der Waals surface area contributed by atoms with Crippen molar-refractivity contribution in [3.63, 3.8) is 0 Å². The van der Waals surface area contributed by atoms with E-state index in [4.69, 9.17) is 5.26 Å². The van der Waals surface area contributed by atoms with E-state index in [1.807, 2.05) is 24.3 Å². The summed E-state index contributed by atoms with van der Waals surface area (Å²) in [6, 6.07) is 17.4. The molecule has 1 amide bonds. The summed E-state index contributed by atoms with van der Waals surface area (Å²) in [5, 5.41) is 12.4. The number of hydrogen-bond acceptors (Lipinski definition) is 4. The van der Waals surface area contributed by atoms with E-state index < -0.39 is 10.0 Å². The minimum absolute atomic E-state index is 0.00158. The molecule has 0 fully saturated rings. The van der Waals surface area contributed by atoms with Crippen LogP contribution >= 0.6 is 0 Å². The maximum atomic E-state index is 11.9. The number of sulfonamides is 1. The second-order valence-corrected chi connectivity index (χ2v) is 6.79. The highest BCUT2D eigenvalue weighted by Gasteiger charge is 2.07. The molecule has 0 saturated heterocycles. The minimum Gasteiger partial charge on any atom is -0.326 e. The largest absolute Gasteiger partial charge is 0.326 e. The Balaban J connectivity index is 1.79. The molecule has 0 unspecified atom stereocenters. The average Bonchev–Trinajstić information content (AvgIpc) is 2.61. The molecule has 0 atom stereocenters. The van der Waals surface area contributed by atoms with E-state index in [1.54, 1.807) is 36.4 Å².